The fraction of sp³-hybridized carbons (Fsp3) is 0.167. The maximum absolute atomic E-state index is 12.6. The number of aromatic nitrogens is 2. The van der Waals surface area contributed by atoms with Crippen LogP contribution < -0.4 is 5.69 Å². The van der Waals surface area contributed by atoms with Crippen LogP contribution in [0.25, 0.3) is 11.3 Å². The number of nitrogens with zero attached hydrogens (tertiary/aromatic N) is 1. The van der Waals surface area contributed by atoms with Crippen LogP contribution in [0.1, 0.15) is 11.3 Å². The van der Waals surface area contributed by atoms with Gasteiger partial charge in [-0.3, -0.25) is 0 Å². The van der Waals surface area contributed by atoms with E-state index in [0.29, 0.717) is 12.1 Å². The summed E-state index contributed by atoms with van der Waals surface area (Å²) in [6, 6.07) is 4.03. The second-order valence-electron chi connectivity index (χ2n) is 4.06. The lowest BCUT2D eigenvalue weighted by atomic mass is 10.1. The molecule has 21 heavy (non-hydrogen) atoms. The summed E-state index contributed by atoms with van der Waals surface area (Å²) in [6.07, 6.45) is -9.48. The highest BCUT2D eigenvalue weighted by molar-refractivity contribution is 5.60. The van der Waals surface area contributed by atoms with Crippen molar-refractivity contribution in [1.29, 1.82) is 0 Å². The molecule has 112 valence electrons. The van der Waals surface area contributed by atoms with E-state index in [2.05, 4.69) is 4.98 Å². The van der Waals surface area contributed by atoms with Gasteiger partial charge in [-0.1, -0.05) is 12.1 Å². The molecule has 0 radical (unpaired) electrons. The first kappa shape index (κ1) is 15.1. The third-order valence-corrected chi connectivity index (χ3v) is 2.54. The highest BCUT2D eigenvalue weighted by atomic mass is 19.4. The van der Waals surface area contributed by atoms with Crippen molar-refractivity contribution in [3.8, 4) is 11.3 Å². The van der Waals surface area contributed by atoms with Gasteiger partial charge in [-0.2, -0.15) is 31.3 Å². The SMILES string of the molecule is O=c1nc(-c2cccc(C(F)(F)F)c2)cc(C(F)(F)F)[nH]1. The molecule has 1 aromatic carbocycles. The van der Waals surface area contributed by atoms with Crippen LogP contribution in [-0.2, 0) is 12.4 Å². The molecule has 0 amide bonds. The first-order valence-electron chi connectivity index (χ1n) is 5.43. The molecule has 0 atom stereocenters. The summed E-state index contributed by atoms with van der Waals surface area (Å²) in [7, 11) is 0. The minimum Gasteiger partial charge on any atom is -0.302 e. The molecule has 0 unspecified atom stereocenters. The molecule has 0 saturated carbocycles. The fourth-order valence-corrected chi connectivity index (χ4v) is 1.61. The Balaban J connectivity index is 2.58. The van der Waals surface area contributed by atoms with Gasteiger partial charge >= 0.3 is 18.0 Å². The molecular formula is C12H6F6N2O. The smallest absolute Gasteiger partial charge is 0.302 e. The monoisotopic (exact) mass is 308 g/mol. The van der Waals surface area contributed by atoms with E-state index in [1.807, 2.05) is 0 Å². The lowest BCUT2D eigenvalue weighted by Crippen LogP contribution is -2.19. The molecule has 9 heteroatoms. The van der Waals surface area contributed by atoms with E-state index in [4.69, 9.17) is 0 Å². The number of nitrogens with one attached hydrogen (secondary N) is 1. The Hall–Kier alpha value is -2.32. The molecule has 0 fully saturated rings. The van der Waals surface area contributed by atoms with Crippen LogP contribution in [0.2, 0.25) is 0 Å². The number of hydrogen-bond acceptors (Lipinski definition) is 2. The zero-order valence-electron chi connectivity index (χ0n) is 10.0. The number of alkyl halides is 6. The minimum atomic E-state index is -4.83. The Morgan fingerprint density at radius 2 is 1.62 bits per heavy atom. The highest BCUT2D eigenvalue weighted by Crippen LogP contribution is 2.33. The Labute approximate surface area is 113 Å². The van der Waals surface area contributed by atoms with Gasteiger partial charge in [0, 0.05) is 5.56 Å². The minimum absolute atomic E-state index is 0.235. The zero-order valence-corrected chi connectivity index (χ0v) is 10.0. The van der Waals surface area contributed by atoms with Crippen LogP contribution in [0.3, 0.4) is 0 Å². The molecule has 1 N–H and O–H groups in total. The summed E-state index contributed by atoms with van der Waals surface area (Å²) in [4.78, 5) is 15.9. The normalized spacial score (nSPS) is 12.5. The van der Waals surface area contributed by atoms with E-state index in [1.54, 1.807) is 0 Å². The molecule has 3 nitrogen and oxygen atoms in total. The van der Waals surface area contributed by atoms with Crippen LogP contribution in [0.4, 0.5) is 26.3 Å². The van der Waals surface area contributed by atoms with Crippen molar-refractivity contribution in [1.82, 2.24) is 9.97 Å². The van der Waals surface area contributed by atoms with Gasteiger partial charge in [0.1, 0.15) is 5.69 Å². The van der Waals surface area contributed by atoms with Crippen molar-refractivity contribution in [3.63, 3.8) is 0 Å². The van der Waals surface area contributed by atoms with Gasteiger partial charge in [0.05, 0.1) is 11.3 Å². The predicted octanol–water partition coefficient (Wildman–Crippen LogP) is 3.47. The van der Waals surface area contributed by atoms with Gasteiger partial charge in [-0.25, -0.2) is 4.79 Å². The van der Waals surface area contributed by atoms with Gasteiger partial charge in [-0.05, 0) is 18.2 Å². The quantitative estimate of drug-likeness (QED) is 0.820. The Kier molecular flexibility index (Phi) is 3.52. The van der Waals surface area contributed by atoms with Crippen LogP contribution in [0.15, 0.2) is 35.1 Å². The summed E-state index contributed by atoms with van der Waals surface area (Å²) in [5.74, 6) is 0. The fourth-order valence-electron chi connectivity index (χ4n) is 1.61. The molecule has 0 saturated heterocycles. The third-order valence-electron chi connectivity index (χ3n) is 2.54. The molecule has 0 aliphatic rings. The number of halogens is 6. The van der Waals surface area contributed by atoms with Crippen LogP contribution in [-0.4, -0.2) is 9.97 Å². The molecular weight excluding hydrogens is 302 g/mol. The van der Waals surface area contributed by atoms with E-state index in [9.17, 15) is 31.1 Å². The molecule has 0 aliphatic heterocycles. The standard InChI is InChI=1S/C12H6F6N2O/c13-11(14,15)7-3-1-2-6(4-7)8-5-9(12(16,17)18)20-10(21)19-8/h1-5H,(H,19,20,21). The summed E-state index contributed by atoms with van der Waals surface area (Å²) in [6.45, 7) is 0. The zero-order chi connectivity index (χ0) is 15.8. The maximum Gasteiger partial charge on any atom is 0.431 e. The summed E-state index contributed by atoms with van der Waals surface area (Å²) < 4.78 is 75.4. The molecule has 2 aromatic rings. The van der Waals surface area contributed by atoms with E-state index in [1.165, 1.54) is 4.98 Å². The average Bonchev–Trinajstić information content (AvgIpc) is 2.36. The van der Waals surface area contributed by atoms with Crippen molar-refractivity contribution < 1.29 is 26.3 Å². The van der Waals surface area contributed by atoms with Crippen molar-refractivity contribution in [2.24, 2.45) is 0 Å². The summed E-state index contributed by atoms with van der Waals surface area (Å²) in [5, 5.41) is 0. The largest absolute Gasteiger partial charge is 0.431 e. The summed E-state index contributed by atoms with van der Waals surface area (Å²) in [5.41, 5.74) is -4.44. The van der Waals surface area contributed by atoms with E-state index in [-0.39, 0.29) is 5.56 Å². The highest BCUT2D eigenvalue weighted by Gasteiger charge is 2.33. The Bertz CT molecular complexity index is 717. The maximum atomic E-state index is 12.6. The third kappa shape index (κ3) is 3.41. The number of H-pyrrole nitrogens is 1. The lowest BCUT2D eigenvalue weighted by molar-refractivity contribution is -0.141. The number of aromatic amines is 1. The predicted molar refractivity (Wildman–Crippen MR) is 60.3 cm³/mol. The van der Waals surface area contributed by atoms with Gasteiger partial charge in [-0.15, -0.1) is 0 Å². The average molecular weight is 308 g/mol. The van der Waals surface area contributed by atoms with Crippen molar-refractivity contribution >= 4 is 0 Å². The first-order valence-corrected chi connectivity index (χ1v) is 5.43. The van der Waals surface area contributed by atoms with Gasteiger partial charge in [0.15, 0.2) is 0 Å². The molecule has 2 rings (SSSR count). The van der Waals surface area contributed by atoms with Crippen molar-refractivity contribution in [2.75, 3.05) is 0 Å². The number of rotatable bonds is 1. The first-order chi connectivity index (χ1) is 9.57. The van der Waals surface area contributed by atoms with E-state index in [0.717, 1.165) is 18.2 Å². The molecule has 0 aliphatic carbocycles. The van der Waals surface area contributed by atoms with Gasteiger partial charge in [0.25, 0.3) is 0 Å². The Morgan fingerprint density at radius 3 is 2.19 bits per heavy atom. The van der Waals surface area contributed by atoms with Gasteiger partial charge < -0.3 is 4.98 Å². The topological polar surface area (TPSA) is 45.8 Å². The molecule has 1 heterocycles. The van der Waals surface area contributed by atoms with Crippen LogP contribution in [0.5, 0.6) is 0 Å². The molecule has 1 aromatic heterocycles. The number of hydrogen-bond donors (Lipinski definition) is 1. The van der Waals surface area contributed by atoms with Gasteiger partial charge in [0.2, 0.25) is 0 Å². The van der Waals surface area contributed by atoms with Crippen molar-refractivity contribution in [2.45, 2.75) is 12.4 Å². The second kappa shape index (κ2) is 4.90. The summed E-state index contributed by atoms with van der Waals surface area (Å²) >= 11 is 0. The van der Waals surface area contributed by atoms with Crippen molar-refractivity contribution in [3.05, 3.63) is 52.1 Å². The van der Waals surface area contributed by atoms with Crippen LogP contribution in [0, 0.1) is 0 Å². The lowest BCUT2D eigenvalue weighted by Gasteiger charge is -2.10. The molecule has 0 bridgehead atoms. The van der Waals surface area contributed by atoms with Crippen LogP contribution >= 0.6 is 0 Å². The van der Waals surface area contributed by atoms with E-state index >= 15 is 0 Å². The number of benzene rings is 1. The second-order valence-corrected chi connectivity index (χ2v) is 4.06. The van der Waals surface area contributed by atoms with E-state index < -0.39 is 35.0 Å². The molecule has 0 spiro atoms. The Morgan fingerprint density at radius 1 is 0.952 bits per heavy atom.